The Labute approximate surface area is 94.2 Å². The fourth-order valence-corrected chi connectivity index (χ4v) is 1.81. The zero-order valence-corrected chi connectivity index (χ0v) is 9.29. The molecule has 0 radical (unpaired) electrons. The van der Waals surface area contributed by atoms with Gasteiger partial charge in [-0.2, -0.15) is 0 Å². The molecule has 0 atom stereocenters. The van der Waals surface area contributed by atoms with Crippen LogP contribution in [0.5, 0.6) is 5.75 Å². The highest BCUT2D eigenvalue weighted by atomic mass is 19.1. The third kappa shape index (κ3) is 1.91. The van der Waals surface area contributed by atoms with E-state index in [0.717, 1.165) is 16.7 Å². The lowest BCUT2D eigenvalue weighted by molar-refractivity contribution is 0.432. The Morgan fingerprint density at radius 3 is 2.38 bits per heavy atom. The summed E-state index contributed by atoms with van der Waals surface area (Å²) in [5.74, 6) is -0.897. The SMILES string of the molecule is Cc1ccc(-c2ccc(O)c(F)c2)c(C)c1. The van der Waals surface area contributed by atoms with E-state index in [1.165, 1.54) is 17.7 Å². The van der Waals surface area contributed by atoms with Gasteiger partial charge in [-0.05, 0) is 42.7 Å². The van der Waals surface area contributed by atoms with Gasteiger partial charge < -0.3 is 5.11 Å². The number of hydrogen-bond donors (Lipinski definition) is 1. The molecular weight excluding hydrogens is 203 g/mol. The molecule has 0 aliphatic heterocycles. The van der Waals surface area contributed by atoms with Gasteiger partial charge in [0.1, 0.15) is 0 Å². The van der Waals surface area contributed by atoms with Crippen molar-refractivity contribution in [3.05, 3.63) is 53.3 Å². The Kier molecular flexibility index (Phi) is 2.65. The van der Waals surface area contributed by atoms with Crippen molar-refractivity contribution in [2.24, 2.45) is 0 Å². The highest BCUT2D eigenvalue weighted by Gasteiger charge is 2.05. The van der Waals surface area contributed by atoms with E-state index in [9.17, 15) is 4.39 Å². The van der Waals surface area contributed by atoms with Crippen LogP contribution in [0.2, 0.25) is 0 Å². The summed E-state index contributed by atoms with van der Waals surface area (Å²) in [6, 6.07) is 10.5. The summed E-state index contributed by atoms with van der Waals surface area (Å²) >= 11 is 0. The van der Waals surface area contributed by atoms with Crippen LogP contribution in [-0.2, 0) is 0 Å². The number of rotatable bonds is 1. The molecule has 82 valence electrons. The molecule has 1 nitrogen and oxygen atoms in total. The van der Waals surface area contributed by atoms with Crippen LogP contribution in [0.4, 0.5) is 4.39 Å². The molecule has 0 aliphatic carbocycles. The molecule has 0 spiro atoms. The first-order valence-electron chi connectivity index (χ1n) is 5.14. The molecule has 0 saturated heterocycles. The molecule has 0 unspecified atom stereocenters. The van der Waals surface area contributed by atoms with Crippen molar-refractivity contribution >= 4 is 0 Å². The molecule has 0 amide bonds. The Morgan fingerprint density at radius 2 is 1.75 bits per heavy atom. The van der Waals surface area contributed by atoms with Crippen molar-refractivity contribution in [1.82, 2.24) is 0 Å². The third-order valence-electron chi connectivity index (χ3n) is 2.64. The molecule has 0 fully saturated rings. The first kappa shape index (κ1) is 10.7. The Hall–Kier alpha value is -1.83. The summed E-state index contributed by atoms with van der Waals surface area (Å²) < 4.78 is 13.2. The van der Waals surface area contributed by atoms with Crippen LogP contribution in [-0.4, -0.2) is 5.11 Å². The average molecular weight is 216 g/mol. The molecule has 2 aromatic carbocycles. The zero-order valence-electron chi connectivity index (χ0n) is 9.29. The van der Waals surface area contributed by atoms with Crippen molar-refractivity contribution in [2.75, 3.05) is 0 Å². The molecule has 1 N–H and O–H groups in total. The maximum atomic E-state index is 13.2. The van der Waals surface area contributed by atoms with Crippen LogP contribution in [0.25, 0.3) is 11.1 Å². The number of halogens is 1. The van der Waals surface area contributed by atoms with E-state index in [1.807, 2.05) is 26.0 Å². The molecule has 2 heteroatoms. The number of benzene rings is 2. The largest absolute Gasteiger partial charge is 0.505 e. The number of aromatic hydroxyl groups is 1. The number of phenolic OH excluding ortho intramolecular Hbond substituents is 1. The molecular formula is C14H13FO. The first-order chi connectivity index (χ1) is 7.58. The minimum atomic E-state index is -0.586. The van der Waals surface area contributed by atoms with E-state index in [2.05, 4.69) is 6.07 Å². The van der Waals surface area contributed by atoms with Gasteiger partial charge in [-0.25, -0.2) is 4.39 Å². The average Bonchev–Trinajstić information content (AvgIpc) is 2.22. The van der Waals surface area contributed by atoms with E-state index in [4.69, 9.17) is 5.11 Å². The molecule has 0 aliphatic rings. The van der Waals surface area contributed by atoms with Gasteiger partial charge >= 0.3 is 0 Å². The molecule has 16 heavy (non-hydrogen) atoms. The number of hydrogen-bond acceptors (Lipinski definition) is 1. The summed E-state index contributed by atoms with van der Waals surface area (Å²) in [5, 5.41) is 9.13. The van der Waals surface area contributed by atoms with E-state index in [0.29, 0.717) is 0 Å². The molecule has 0 aromatic heterocycles. The molecule has 2 rings (SSSR count). The summed E-state index contributed by atoms with van der Waals surface area (Å²) in [6.07, 6.45) is 0. The van der Waals surface area contributed by atoms with Crippen molar-refractivity contribution in [1.29, 1.82) is 0 Å². The van der Waals surface area contributed by atoms with Crippen LogP contribution < -0.4 is 0 Å². The molecule has 0 heterocycles. The maximum absolute atomic E-state index is 13.2. The maximum Gasteiger partial charge on any atom is 0.165 e. The van der Waals surface area contributed by atoms with E-state index in [1.54, 1.807) is 6.07 Å². The van der Waals surface area contributed by atoms with Crippen LogP contribution in [0, 0.1) is 19.7 Å². The van der Waals surface area contributed by atoms with E-state index in [-0.39, 0.29) is 5.75 Å². The highest BCUT2D eigenvalue weighted by molar-refractivity contribution is 5.68. The number of aryl methyl sites for hydroxylation is 2. The zero-order chi connectivity index (χ0) is 11.7. The second-order valence-corrected chi connectivity index (χ2v) is 3.98. The minimum absolute atomic E-state index is 0.312. The Balaban J connectivity index is 2.54. The topological polar surface area (TPSA) is 20.2 Å². The van der Waals surface area contributed by atoms with Crippen LogP contribution in [0.1, 0.15) is 11.1 Å². The standard InChI is InChI=1S/C14H13FO/c1-9-3-5-12(10(2)7-9)11-4-6-14(16)13(15)8-11/h3-8,16H,1-2H3. The van der Waals surface area contributed by atoms with Crippen LogP contribution in [0.15, 0.2) is 36.4 Å². The quantitative estimate of drug-likeness (QED) is 0.768. The van der Waals surface area contributed by atoms with Gasteiger partial charge in [0.05, 0.1) is 0 Å². The van der Waals surface area contributed by atoms with Gasteiger partial charge in [0.25, 0.3) is 0 Å². The Bertz CT molecular complexity index is 532. The summed E-state index contributed by atoms with van der Waals surface area (Å²) in [6.45, 7) is 4.02. The van der Waals surface area contributed by atoms with E-state index < -0.39 is 5.82 Å². The second kappa shape index (κ2) is 3.97. The minimum Gasteiger partial charge on any atom is -0.505 e. The predicted molar refractivity (Wildman–Crippen MR) is 63.0 cm³/mol. The fourth-order valence-electron chi connectivity index (χ4n) is 1.81. The molecule has 0 bridgehead atoms. The van der Waals surface area contributed by atoms with Crippen molar-refractivity contribution in [3.8, 4) is 16.9 Å². The van der Waals surface area contributed by atoms with Gasteiger partial charge in [0.15, 0.2) is 11.6 Å². The van der Waals surface area contributed by atoms with Crippen molar-refractivity contribution in [3.63, 3.8) is 0 Å². The monoisotopic (exact) mass is 216 g/mol. The van der Waals surface area contributed by atoms with Gasteiger partial charge in [0, 0.05) is 0 Å². The van der Waals surface area contributed by atoms with Gasteiger partial charge in [-0.15, -0.1) is 0 Å². The molecule has 0 saturated carbocycles. The Morgan fingerprint density at radius 1 is 1.00 bits per heavy atom. The van der Waals surface area contributed by atoms with E-state index >= 15 is 0 Å². The summed E-state index contributed by atoms with van der Waals surface area (Å²) in [7, 11) is 0. The summed E-state index contributed by atoms with van der Waals surface area (Å²) in [4.78, 5) is 0. The first-order valence-corrected chi connectivity index (χ1v) is 5.14. The normalized spacial score (nSPS) is 10.4. The third-order valence-corrected chi connectivity index (χ3v) is 2.64. The van der Waals surface area contributed by atoms with Gasteiger partial charge in [-0.1, -0.05) is 29.8 Å². The van der Waals surface area contributed by atoms with Crippen molar-refractivity contribution in [2.45, 2.75) is 13.8 Å². The lowest BCUT2D eigenvalue weighted by atomic mass is 9.99. The molecule has 2 aromatic rings. The smallest absolute Gasteiger partial charge is 0.165 e. The van der Waals surface area contributed by atoms with Gasteiger partial charge in [-0.3, -0.25) is 0 Å². The fraction of sp³-hybridized carbons (Fsp3) is 0.143. The van der Waals surface area contributed by atoms with Crippen LogP contribution in [0.3, 0.4) is 0 Å². The van der Waals surface area contributed by atoms with Crippen LogP contribution >= 0.6 is 0 Å². The summed E-state index contributed by atoms with van der Waals surface area (Å²) in [5.41, 5.74) is 4.06. The predicted octanol–water partition coefficient (Wildman–Crippen LogP) is 3.82. The number of phenols is 1. The highest BCUT2D eigenvalue weighted by Crippen LogP contribution is 2.27. The lowest BCUT2D eigenvalue weighted by Gasteiger charge is -2.07. The lowest BCUT2D eigenvalue weighted by Crippen LogP contribution is -1.86. The second-order valence-electron chi connectivity index (χ2n) is 3.98. The van der Waals surface area contributed by atoms with Crippen molar-refractivity contribution < 1.29 is 9.50 Å². The van der Waals surface area contributed by atoms with Gasteiger partial charge in [0.2, 0.25) is 0 Å².